The van der Waals surface area contributed by atoms with Crippen LogP contribution in [0.3, 0.4) is 0 Å². The molecule has 13 heavy (non-hydrogen) atoms. The Bertz CT molecular complexity index is 157. The summed E-state index contributed by atoms with van der Waals surface area (Å²) in [7, 11) is 0. The summed E-state index contributed by atoms with van der Waals surface area (Å²) >= 11 is 0. The van der Waals surface area contributed by atoms with Crippen LogP contribution in [0.4, 0.5) is 0 Å². The summed E-state index contributed by atoms with van der Waals surface area (Å²) in [6, 6.07) is 0. The lowest BCUT2D eigenvalue weighted by molar-refractivity contribution is 0.0802. The molecule has 2 aliphatic carbocycles. The quantitative estimate of drug-likeness (QED) is 0.708. The molecule has 76 valence electrons. The first-order valence-electron chi connectivity index (χ1n) is 5.95. The average molecular weight is 182 g/mol. The molecule has 0 spiro atoms. The van der Waals surface area contributed by atoms with E-state index in [0.717, 1.165) is 18.3 Å². The molecule has 1 N–H and O–H groups in total. The molecule has 0 aliphatic heterocycles. The van der Waals surface area contributed by atoms with Gasteiger partial charge in [-0.05, 0) is 37.0 Å². The molecule has 0 saturated heterocycles. The van der Waals surface area contributed by atoms with Crippen molar-refractivity contribution < 1.29 is 5.11 Å². The Morgan fingerprint density at radius 1 is 1.15 bits per heavy atom. The summed E-state index contributed by atoms with van der Waals surface area (Å²) in [6.07, 6.45) is 9.34. The second-order valence-electron chi connectivity index (χ2n) is 5.15. The summed E-state index contributed by atoms with van der Waals surface area (Å²) < 4.78 is 0. The van der Waals surface area contributed by atoms with Gasteiger partial charge in [-0.25, -0.2) is 0 Å². The van der Waals surface area contributed by atoms with Gasteiger partial charge in [-0.15, -0.1) is 0 Å². The maximum absolute atomic E-state index is 9.99. The lowest BCUT2D eigenvalue weighted by atomic mass is 9.90. The molecule has 1 heteroatoms. The minimum Gasteiger partial charge on any atom is -0.393 e. The summed E-state index contributed by atoms with van der Waals surface area (Å²) in [4.78, 5) is 0. The largest absolute Gasteiger partial charge is 0.393 e. The van der Waals surface area contributed by atoms with Gasteiger partial charge in [-0.2, -0.15) is 0 Å². The molecule has 0 aromatic heterocycles. The zero-order valence-electron chi connectivity index (χ0n) is 8.71. The molecule has 1 nitrogen and oxygen atoms in total. The molecule has 0 amide bonds. The van der Waals surface area contributed by atoms with Gasteiger partial charge in [0.2, 0.25) is 0 Å². The van der Waals surface area contributed by atoms with Gasteiger partial charge in [0.05, 0.1) is 6.10 Å². The normalized spacial score (nSPS) is 29.1. The van der Waals surface area contributed by atoms with Crippen molar-refractivity contribution >= 4 is 0 Å². The second-order valence-corrected chi connectivity index (χ2v) is 5.15. The van der Waals surface area contributed by atoms with Crippen LogP contribution in [-0.2, 0) is 0 Å². The van der Waals surface area contributed by atoms with E-state index in [1.54, 1.807) is 0 Å². The van der Waals surface area contributed by atoms with Gasteiger partial charge >= 0.3 is 0 Å². The molecule has 0 bridgehead atoms. The maximum Gasteiger partial charge on any atom is 0.0571 e. The van der Waals surface area contributed by atoms with E-state index in [1.165, 1.54) is 38.5 Å². The van der Waals surface area contributed by atoms with E-state index >= 15 is 0 Å². The van der Waals surface area contributed by atoms with Crippen molar-refractivity contribution in [2.45, 2.75) is 58.0 Å². The number of aliphatic hydroxyl groups excluding tert-OH is 1. The molecule has 2 rings (SSSR count). The highest BCUT2D eigenvalue weighted by Crippen LogP contribution is 2.40. The van der Waals surface area contributed by atoms with E-state index in [-0.39, 0.29) is 6.10 Å². The first-order chi connectivity index (χ1) is 6.27. The van der Waals surface area contributed by atoms with Crippen molar-refractivity contribution in [2.75, 3.05) is 0 Å². The van der Waals surface area contributed by atoms with Crippen molar-refractivity contribution in [1.29, 1.82) is 0 Å². The summed E-state index contributed by atoms with van der Waals surface area (Å²) in [5, 5.41) is 9.99. The van der Waals surface area contributed by atoms with E-state index in [2.05, 4.69) is 6.92 Å². The third kappa shape index (κ3) is 2.46. The number of hydrogen-bond donors (Lipinski definition) is 1. The van der Waals surface area contributed by atoms with Crippen molar-refractivity contribution in [3.05, 3.63) is 0 Å². The fourth-order valence-corrected chi connectivity index (χ4v) is 2.74. The topological polar surface area (TPSA) is 20.2 Å². The standard InChI is InChI=1S/C12H22O/c1-9(11-6-7-11)12(13)8-10-4-2-3-5-10/h9-13H,2-8H2,1H3. The van der Waals surface area contributed by atoms with Crippen molar-refractivity contribution in [3.8, 4) is 0 Å². The molecule has 2 saturated carbocycles. The van der Waals surface area contributed by atoms with Gasteiger partial charge in [-0.3, -0.25) is 0 Å². The molecular formula is C12H22O. The van der Waals surface area contributed by atoms with Gasteiger partial charge in [0, 0.05) is 0 Å². The highest BCUT2D eigenvalue weighted by atomic mass is 16.3. The van der Waals surface area contributed by atoms with Gasteiger partial charge in [0.1, 0.15) is 0 Å². The number of hydrogen-bond acceptors (Lipinski definition) is 1. The molecule has 2 unspecified atom stereocenters. The second kappa shape index (κ2) is 4.00. The smallest absolute Gasteiger partial charge is 0.0571 e. The van der Waals surface area contributed by atoms with Crippen LogP contribution in [0.1, 0.15) is 51.9 Å². The van der Waals surface area contributed by atoms with Crippen molar-refractivity contribution in [1.82, 2.24) is 0 Å². The van der Waals surface area contributed by atoms with Gasteiger partial charge in [0.25, 0.3) is 0 Å². The van der Waals surface area contributed by atoms with E-state index in [1.807, 2.05) is 0 Å². The molecule has 2 atom stereocenters. The molecule has 0 radical (unpaired) electrons. The van der Waals surface area contributed by atoms with E-state index in [4.69, 9.17) is 0 Å². The Kier molecular flexibility index (Phi) is 2.92. The van der Waals surface area contributed by atoms with Crippen LogP contribution in [0.15, 0.2) is 0 Å². The van der Waals surface area contributed by atoms with Gasteiger partial charge in [0.15, 0.2) is 0 Å². The predicted octanol–water partition coefficient (Wildman–Crippen LogP) is 2.97. The van der Waals surface area contributed by atoms with Crippen molar-refractivity contribution in [2.24, 2.45) is 17.8 Å². The first kappa shape index (κ1) is 9.51. The Morgan fingerprint density at radius 2 is 1.77 bits per heavy atom. The Labute approximate surface area is 81.5 Å². The molecule has 0 heterocycles. The van der Waals surface area contributed by atoms with E-state index in [9.17, 15) is 5.11 Å². The van der Waals surface area contributed by atoms with Crippen LogP contribution in [0.2, 0.25) is 0 Å². The highest BCUT2D eigenvalue weighted by Gasteiger charge is 2.33. The molecule has 0 aromatic carbocycles. The van der Waals surface area contributed by atoms with Crippen LogP contribution in [0.5, 0.6) is 0 Å². The van der Waals surface area contributed by atoms with Crippen LogP contribution in [-0.4, -0.2) is 11.2 Å². The third-order valence-corrected chi connectivity index (χ3v) is 4.02. The van der Waals surface area contributed by atoms with Crippen LogP contribution in [0, 0.1) is 17.8 Å². The SMILES string of the molecule is CC(C(O)CC1CCCC1)C1CC1. The Balaban J connectivity index is 1.72. The minimum atomic E-state index is -0.00407. The summed E-state index contributed by atoms with van der Waals surface area (Å²) in [5.41, 5.74) is 0. The maximum atomic E-state index is 9.99. The third-order valence-electron chi connectivity index (χ3n) is 4.02. The Hall–Kier alpha value is -0.0400. The monoisotopic (exact) mass is 182 g/mol. The number of aliphatic hydroxyl groups is 1. The van der Waals surface area contributed by atoms with Crippen LogP contribution in [0.25, 0.3) is 0 Å². The fraction of sp³-hybridized carbons (Fsp3) is 1.00. The van der Waals surface area contributed by atoms with Crippen molar-refractivity contribution in [3.63, 3.8) is 0 Å². The highest BCUT2D eigenvalue weighted by molar-refractivity contribution is 4.84. The lowest BCUT2D eigenvalue weighted by Crippen LogP contribution is -2.22. The van der Waals surface area contributed by atoms with E-state index in [0.29, 0.717) is 5.92 Å². The first-order valence-corrected chi connectivity index (χ1v) is 5.95. The minimum absolute atomic E-state index is 0.00407. The molecule has 2 aliphatic rings. The number of rotatable bonds is 4. The summed E-state index contributed by atoms with van der Waals surface area (Å²) in [5.74, 6) is 2.27. The average Bonchev–Trinajstić information content (AvgIpc) is 2.85. The lowest BCUT2D eigenvalue weighted by Gasteiger charge is -2.21. The predicted molar refractivity (Wildman–Crippen MR) is 54.5 cm³/mol. The fourth-order valence-electron chi connectivity index (χ4n) is 2.74. The van der Waals surface area contributed by atoms with Gasteiger partial charge < -0.3 is 5.11 Å². The van der Waals surface area contributed by atoms with Crippen LogP contribution < -0.4 is 0 Å². The zero-order valence-corrected chi connectivity index (χ0v) is 8.71. The van der Waals surface area contributed by atoms with E-state index < -0.39 is 0 Å². The van der Waals surface area contributed by atoms with Gasteiger partial charge in [-0.1, -0.05) is 32.6 Å². The van der Waals surface area contributed by atoms with Crippen LogP contribution >= 0.6 is 0 Å². The Morgan fingerprint density at radius 3 is 2.31 bits per heavy atom. The molecular weight excluding hydrogens is 160 g/mol. The molecule has 0 aromatic rings. The zero-order chi connectivity index (χ0) is 9.26. The molecule has 2 fully saturated rings. The summed E-state index contributed by atoms with van der Waals surface area (Å²) in [6.45, 7) is 2.23.